The molecule has 1 saturated heterocycles. The van der Waals surface area contributed by atoms with E-state index in [-0.39, 0.29) is 24.0 Å². The van der Waals surface area contributed by atoms with Gasteiger partial charge in [0.25, 0.3) is 5.91 Å². The fourth-order valence-corrected chi connectivity index (χ4v) is 4.11. The van der Waals surface area contributed by atoms with Crippen LogP contribution in [0, 0.1) is 5.92 Å². The van der Waals surface area contributed by atoms with E-state index in [9.17, 15) is 9.90 Å². The van der Waals surface area contributed by atoms with Crippen LogP contribution in [0.15, 0.2) is 42.5 Å². The van der Waals surface area contributed by atoms with Crippen LogP contribution in [0.2, 0.25) is 0 Å². The summed E-state index contributed by atoms with van der Waals surface area (Å²) in [6.07, 6.45) is 2.47. The maximum Gasteiger partial charge on any atom is 0.270 e. The molecule has 2 aromatic rings. The summed E-state index contributed by atoms with van der Waals surface area (Å²) >= 11 is 0. The fraction of sp³-hybridized carbons (Fsp3) is 0.450. The van der Waals surface area contributed by atoms with Gasteiger partial charge in [0.05, 0.1) is 25.4 Å². The molecule has 5 heteroatoms. The van der Waals surface area contributed by atoms with E-state index in [1.807, 2.05) is 47.4 Å². The number of hydrogen-bond acceptors (Lipinski definition) is 3. The molecule has 3 atom stereocenters. The number of rotatable bonds is 3. The van der Waals surface area contributed by atoms with Crippen LogP contribution in [0.5, 0.6) is 0 Å². The molecule has 5 nitrogen and oxygen atoms in total. The lowest BCUT2D eigenvalue weighted by molar-refractivity contribution is -0.0385. The van der Waals surface area contributed by atoms with Crippen LogP contribution in [-0.2, 0) is 4.74 Å². The number of carbonyl (C=O) groups is 1. The number of amides is 1. The lowest BCUT2D eigenvalue weighted by atomic mass is 9.94. The molecule has 2 fully saturated rings. The third-order valence-corrected chi connectivity index (χ3v) is 5.45. The number of aromatic nitrogens is 1. The second-order valence-corrected chi connectivity index (χ2v) is 6.95. The lowest BCUT2D eigenvalue weighted by Crippen LogP contribution is -2.53. The number of morpholine rings is 1. The van der Waals surface area contributed by atoms with E-state index in [1.165, 1.54) is 0 Å². The first-order valence-electron chi connectivity index (χ1n) is 9.05. The number of ether oxygens (including phenoxy) is 1. The molecule has 1 aliphatic carbocycles. The molecule has 0 spiro atoms. The van der Waals surface area contributed by atoms with Gasteiger partial charge in [-0.15, -0.1) is 0 Å². The third-order valence-electron chi connectivity index (χ3n) is 5.45. The van der Waals surface area contributed by atoms with Crippen LogP contribution in [-0.4, -0.2) is 52.8 Å². The maximum absolute atomic E-state index is 13.1. The molecule has 25 heavy (non-hydrogen) atoms. The SMILES string of the molecule is O=C(c1ccc(-c2ccccc2)[nH]1)N1CCOC[C@@H]1[C@H]1CCC[C@H]1O. The van der Waals surface area contributed by atoms with E-state index in [0.29, 0.717) is 25.5 Å². The van der Waals surface area contributed by atoms with Gasteiger partial charge < -0.3 is 19.7 Å². The summed E-state index contributed by atoms with van der Waals surface area (Å²) in [5, 5.41) is 10.3. The molecule has 1 amide bonds. The van der Waals surface area contributed by atoms with Gasteiger partial charge in [-0.05, 0) is 30.5 Å². The Balaban J connectivity index is 1.55. The second-order valence-electron chi connectivity index (χ2n) is 6.95. The highest BCUT2D eigenvalue weighted by molar-refractivity contribution is 5.93. The number of benzene rings is 1. The summed E-state index contributed by atoms with van der Waals surface area (Å²) in [6.45, 7) is 1.64. The minimum atomic E-state index is -0.328. The molecule has 1 aromatic carbocycles. The third kappa shape index (κ3) is 3.22. The molecule has 2 aliphatic rings. The Labute approximate surface area is 147 Å². The quantitative estimate of drug-likeness (QED) is 0.903. The van der Waals surface area contributed by atoms with Gasteiger partial charge in [0.1, 0.15) is 5.69 Å². The van der Waals surface area contributed by atoms with Crippen molar-refractivity contribution in [2.24, 2.45) is 5.92 Å². The zero-order valence-electron chi connectivity index (χ0n) is 14.2. The summed E-state index contributed by atoms with van der Waals surface area (Å²) in [5.74, 6) is 0.113. The summed E-state index contributed by atoms with van der Waals surface area (Å²) in [4.78, 5) is 18.2. The Morgan fingerprint density at radius 3 is 2.76 bits per heavy atom. The fourth-order valence-electron chi connectivity index (χ4n) is 4.11. The Bertz CT molecular complexity index is 728. The van der Waals surface area contributed by atoms with Gasteiger partial charge in [-0.1, -0.05) is 36.8 Å². The molecule has 1 aromatic heterocycles. The number of aliphatic hydroxyl groups is 1. The Morgan fingerprint density at radius 1 is 1.16 bits per heavy atom. The van der Waals surface area contributed by atoms with Gasteiger partial charge in [-0.2, -0.15) is 0 Å². The molecule has 0 radical (unpaired) electrons. The van der Waals surface area contributed by atoms with Crippen molar-refractivity contribution >= 4 is 5.91 Å². The zero-order valence-corrected chi connectivity index (χ0v) is 14.2. The van der Waals surface area contributed by atoms with Crippen LogP contribution >= 0.6 is 0 Å². The first kappa shape index (κ1) is 16.4. The highest BCUT2D eigenvalue weighted by Crippen LogP contribution is 2.33. The monoisotopic (exact) mass is 340 g/mol. The van der Waals surface area contributed by atoms with Crippen molar-refractivity contribution < 1.29 is 14.6 Å². The van der Waals surface area contributed by atoms with E-state index in [1.54, 1.807) is 0 Å². The number of carbonyl (C=O) groups excluding carboxylic acids is 1. The largest absolute Gasteiger partial charge is 0.393 e. The number of aliphatic hydroxyl groups excluding tert-OH is 1. The van der Waals surface area contributed by atoms with Gasteiger partial charge in [-0.25, -0.2) is 0 Å². The molecular formula is C20H24N2O3. The van der Waals surface area contributed by atoms with E-state index in [4.69, 9.17) is 4.74 Å². The van der Waals surface area contributed by atoms with Crippen molar-refractivity contribution in [3.05, 3.63) is 48.2 Å². The molecule has 2 heterocycles. The minimum Gasteiger partial charge on any atom is -0.393 e. The van der Waals surface area contributed by atoms with E-state index < -0.39 is 0 Å². The molecule has 132 valence electrons. The molecular weight excluding hydrogens is 316 g/mol. The Kier molecular flexibility index (Phi) is 4.59. The predicted octanol–water partition coefficient (Wildman–Crippen LogP) is 2.68. The maximum atomic E-state index is 13.1. The average Bonchev–Trinajstić information content (AvgIpc) is 3.31. The summed E-state index contributed by atoms with van der Waals surface area (Å²) < 4.78 is 5.62. The van der Waals surface area contributed by atoms with Crippen molar-refractivity contribution in [3.8, 4) is 11.3 Å². The molecule has 0 unspecified atom stereocenters. The zero-order chi connectivity index (χ0) is 17.2. The van der Waals surface area contributed by atoms with Crippen molar-refractivity contribution in [2.45, 2.75) is 31.4 Å². The predicted molar refractivity (Wildman–Crippen MR) is 95.2 cm³/mol. The standard InChI is InChI=1S/C20H24N2O3/c23-19-8-4-7-15(19)18-13-25-12-11-22(18)20(24)17-10-9-16(21-17)14-5-2-1-3-6-14/h1-3,5-6,9-10,15,18-19,21,23H,4,7-8,11-13H2/t15-,18-,19-/m1/s1. The van der Waals surface area contributed by atoms with Gasteiger partial charge >= 0.3 is 0 Å². The lowest BCUT2D eigenvalue weighted by Gasteiger charge is -2.39. The molecule has 1 aliphatic heterocycles. The van der Waals surface area contributed by atoms with Crippen LogP contribution in [0.3, 0.4) is 0 Å². The average molecular weight is 340 g/mol. The summed E-state index contributed by atoms with van der Waals surface area (Å²) in [6, 6.07) is 13.7. The van der Waals surface area contributed by atoms with Gasteiger partial charge in [0.2, 0.25) is 0 Å². The van der Waals surface area contributed by atoms with Crippen molar-refractivity contribution in [3.63, 3.8) is 0 Å². The highest BCUT2D eigenvalue weighted by Gasteiger charge is 2.39. The molecule has 1 saturated carbocycles. The smallest absolute Gasteiger partial charge is 0.270 e. The number of aromatic amines is 1. The Hall–Kier alpha value is -2.11. The van der Waals surface area contributed by atoms with Crippen molar-refractivity contribution in [1.82, 2.24) is 9.88 Å². The molecule has 2 N–H and O–H groups in total. The minimum absolute atomic E-state index is 0.00502. The van der Waals surface area contributed by atoms with Gasteiger partial charge in [0, 0.05) is 18.2 Å². The number of nitrogens with zero attached hydrogens (tertiary/aromatic N) is 1. The van der Waals surface area contributed by atoms with Crippen molar-refractivity contribution in [1.29, 1.82) is 0 Å². The first-order chi connectivity index (χ1) is 12.2. The van der Waals surface area contributed by atoms with Crippen LogP contribution in [0.25, 0.3) is 11.3 Å². The Morgan fingerprint density at radius 2 is 2.00 bits per heavy atom. The number of nitrogens with one attached hydrogen (secondary N) is 1. The van der Waals surface area contributed by atoms with Gasteiger partial charge in [-0.3, -0.25) is 4.79 Å². The van der Waals surface area contributed by atoms with E-state index in [0.717, 1.165) is 30.5 Å². The van der Waals surface area contributed by atoms with Crippen LogP contribution in [0.4, 0.5) is 0 Å². The summed E-state index contributed by atoms with van der Waals surface area (Å²) in [7, 11) is 0. The van der Waals surface area contributed by atoms with E-state index >= 15 is 0 Å². The van der Waals surface area contributed by atoms with E-state index in [2.05, 4.69) is 4.98 Å². The molecule has 0 bridgehead atoms. The van der Waals surface area contributed by atoms with Crippen molar-refractivity contribution in [2.75, 3.05) is 19.8 Å². The highest BCUT2D eigenvalue weighted by atomic mass is 16.5. The number of hydrogen-bond donors (Lipinski definition) is 2. The first-order valence-corrected chi connectivity index (χ1v) is 9.05. The molecule has 4 rings (SSSR count). The van der Waals surface area contributed by atoms with Crippen LogP contribution in [0.1, 0.15) is 29.8 Å². The van der Waals surface area contributed by atoms with Gasteiger partial charge in [0.15, 0.2) is 0 Å². The van der Waals surface area contributed by atoms with Crippen LogP contribution < -0.4 is 0 Å². The summed E-state index contributed by atoms with van der Waals surface area (Å²) in [5.41, 5.74) is 2.60. The normalized spacial score (nSPS) is 26.8. The topological polar surface area (TPSA) is 65.6 Å². The number of H-pyrrole nitrogens is 1. The second kappa shape index (κ2) is 7.02.